The van der Waals surface area contributed by atoms with Gasteiger partial charge in [-0.2, -0.15) is 4.98 Å². The molecule has 0 amide bonds. The van der Waals surface area contributed by atoms with Gasteiger partial charge in [0.2, 0.25) is 5.95 Å². The largest absolute Gasteiger partial charge is 0.380 e. The summed E-state index contributed by atoms with van der Waals surface area (Å²) in [5.41, 5.74) is 0. The van der Waals surface area contributed by atoms with Gasteiger partial charge < -0.3 is 15.4 Å². The molecule has 0 aliphatic carbocycles. The van der Waals surface area contributed by atoms with E-state index in [2.05, 4.69) is 20.6 Å². The molecule has 0 fully saturated rings. The van der Waals surface area contributed by atoms with Crippen LogP contribution in [0.25, 0.3) is 10.2 Å². The third-order valence-corrected chi connectivity index (χ3v) is 3.10. The van der Waals surface area contributed by atoms with Crippen LogP contribution in [-0.2, 0) is 4.74 Å². The Bertz CT molecular complexity index is 485. The van der Waals surface area contributed by atoms with Crippen LogP contribution in [0.1, 0.15) is 6.92 Å². The van der Waals surface area contributed by atoms with Crippen LogP contribution in [0, 0.1) is 0 Å². The van der Waals surface area contributed by atoms with Crippen molar-refractivity contribution in [2.75, 3.05) is 37.4 Å². The highest BCUT2D eigenvalue weighted by Crippen LogP contribution is 2.26. The second-order valence-electron chi connectivity index (χ2n) is 3.41. The summed E-state index contributed by atoms with van der Waals surface area (Å²) < 4.78 is 5.29. The standard InChI is InChI=1S/C11H16N4OS/c1-3-16-6-5-13-9-8-4-7-17-10(8)15-11(12-2)14-9/h4,7H,3,5-6H2,1-2H3,(H2,12,13,14,15). The number of aromatic nitrogens is 2. The molecule has 0 spiro atoms. The van der Waals surface area contributed by atoms with E-state index in [9.17, 15) is 0 Å². The van der Waals surface area contributed by atoms with Gasteiger partial charge in [-0.3, -0.25) is 0 Å². The molecular formula is C11H16N4OS. The molecule has 0 saturated carbocycles. The molecule has 2 aromatic heterocycles. The number of ether oxygens (including phenoxy) is 1. The SMILES string of the molecule is CCOCCNc1nc(NC)nc2sccc12. The number of nitrogens with zero attached hydrogens (tertiary/aromatic N) is 2. The van der Waals surface area contributed by atoms with E-state index >= 15 is 0 Å². The average molecular weight is 252 g/mol. The molecule has 17 heavy (non-hydrogen) atoms. The summed E-state index contributed by atoms with van der Waals surface area (Å²) >= 11 is 1.61. The molecule has 0 atom stereocenters. The lowest BCUT2D eigenvalue weighted by Gasteiger charge is -2.08. The minimum Gasteiger partial charge on any atom is -0.380 e. The van der Waals surface area contributed by atoms with Crippen LogP contribution in [0.2, 0.25) is 0 Å². The Hall–Kier alpha value is -1.40. The number of anilines is 2. The van der Waals surface area contributed by atoms with Crippen molar-refractivity contribution in [2.45, 2.75) is 6.92 Å². The van der Waals surface area contributed by atoms with Crippen molar-refractivity contribution in [2.24, 2.45) is 0 Å². The Labute approximate surface area is 104 Å². The molecule has 92 valence electrons. The fourth-order valence-corrected chi connectivity index (χ4v) is 2.25. The topological polar surface area (TPSA) is 59.1 Å². The van der Waals surface area contributed by atoms with Crippen LogP contribution in [0.15, 0.2) is 11.4 Å². The Morgan fingerprint density at radius 2 is 2.29 bits per heavy atom. The summed E-state index contributed by atoms with van der Waals surface area (Å²) in [7, 11) is 1.82. The van der Waals surface area contributed by atoms with Gasteiger partial charge in [0.05, 0.1) is 12.0 Å². The maximum atomic E-state index is 5.29. The zero-order chi connectivity index (χ0) is 12.1. The molecule has 0 aromatic carbocycles. The number of thiophene rings is 1. The van der Waals surface area contributed by atoms with Crippen LogP contribution < -0.4 is 10.6 Å². The Balaban J connectivity index is 2.16. The molecule has 5 nitrogen and oxygen atoms in total. The second-order valence-corrected chi connectivity index (χ2v) is 4.30. The molecule has 6 heteroatoms. The fraction of sp³-hybridized carbons (Fsp3) is 0.455. The highest BCUT2D eigenvalue weighted by Gasteiger charge is 2.07. The molecule has 0 aliphatic rings. The van der Waals surface area contributed by atoms with Gasteiger partial charge in [-0.15, -0.1) is 11.3 Å². The van der Waals surface area contributed by atoms with Crippen LogP contribution in [0.4, 0.5) is 11.8 Å². The normalized spacial score (nSPS) is 10.7. The lowest BCUT2D eigenvalue weighted by atomic mass is 10.4. The average Bonchev–Trinajstić information content (AvgIpc) is 2.82. The predicted octanol–water partition coefficient (Wildman–Crippen LogP) is 2.18. The highest BCUT2D eigenvalue weighted by molar-refractivity contribution is 7.16. The van der Waals surface area contributed by atoms with E-state index in [4.69, 9.17) is 4.74 Å². The van der Waals surface area contributed by atoms with Gasteiger partial charge >= 0.3 is 0 Å². The smallest absolute Gasteiger partial charge is 0.225 e. The number of hydrogen-bond acceptors (Lipinski definition) is 6. The monoisotopic (exact) mass is 252 g/mol. The maximum absolute atomic E-state index is 5.29. The molecule has 0 bridgehead atoms. The van der Waals surface area contributed by atoms with Crippen molar-refractivity contribution in [3.8, 4) is 0 Å². The zero-order valence-corrected chi connectivity index (χ0v) is 10.8. The predicted molar refractivity (Wildman–Crippen MR) is 71.9 cm³/mol. The lowest BCUT2D eigenvalue weighted by Crippen LogP contribution is -2.11. The molecule has 2 aromatic rings. The van der Waals surface area contributed by atoms with Crippen molar-refractivity contribution in [1.29, 1.82) is 0 Å². The lowest BCUT2D eigenvalue weighted by molar-refractivity contribution is 0.158. The van der Waals surface area contributed by atoms with E-state index in [1.54, 1.807) is 11.3 Å². The van der Waals surface area contributed by atoms with Crippen LogP contribution in [0.5, 0.6) is 0 Å². The third-order valence-electron chi connectivity index (χ3n) is 2.29. The first-order valence-electron chi connectivity index (χ1n) is 5.59. The van der Waals surface area contributed by atoms with Gasteiger partial charge in [0, 0.05) is 20.2 Å². The summed E-state index contributed by atoms with van der Waals surface area (Å²) in [4.78, 5) is 9.78. The van der Waals surface area contributed by atoms with E-state index in [-0.39, 0.29) is 0 Å². The Kier molecular flexibility index (Phi) is 4.11. The quantitative estimate of drug-likeness (QED) is 0.772. The molecule has 2 rings (SSSR count). The van der Waals surface area contributed by atoms with Crippen molar-refractivity contribution < 1.29 is 4.74 Å². The zero-order valence-electron chi connectivity index (χ0n) is 9.99. The minimum atomic E-state index is 0.638. The number of nitrogens with one attached hydrogen (secondary N) is 2. The van der Waals surface area contributed by atoms with Gasteiger partial charge in [-0.05, 0) is 18.4 Å². The van der Waals surface area contributed by atoms with E-state index in [1.165, 1.54) is 0 Å². The molecule has 2 N–H and O–H groups in total. The molecular weight excluding hydrogens is 236 g/mol. The summed E-state index contributed by atoms with van der Waals surface area (Å²) in [6.07, 6.45) is 0. The third kappa shape index (κ3) is 2.83. The maximum Gasteiger partial charge on any atom is 0.225 e. The Morgan fingerprint density at radius 3 is 3.06 bits per heavy atom. The van der Waals surface area contributed by atoms with Crippen molar-refractivity contribution in [3.63, 3.8) is 0 Å². The summed E-state index contributed by atoms with van der Waals surface area (Å²) in [6, 6.07) is 2.03. The van der Waals surface area contributed by atoms with Gasteiger partial charge in [-0.1, -0.05) is 0 Å². The first-order chi connectivity index (χ1) is 8.35. The van der Waals surface area contributed by atoms with Crippen LogP contribution in [-0.4, -0.2) is 36.8 Å². The van der Waals surface area contributed by atoms with Gasteiger partial charge in [0.25, 0.3) is 0 Å². The number of rotatable bonds is 6. The molecule has 0 aliphatic heterocycles. The van der Waals surface area contributed by atoms with Gasteiger partial charge in [0.15, 0.2) is 0 Å². The van der Waals surface area contributed by atoms with Crippen molar-refractivity contribution in [1.82, 2.24) is 9.97 Å². The summed E-state index contributed by atoms with van der Waals surface area (Å²) in [5, 5.41) is 9.32. The molecule has 0 unspecified atom stereocenters. The molecule has 0 radical (unpaired) electrons. The second kappa shape index (κ2) is 5.79. The van der Waals surface area contributed by atoms with Gasteiger partial charge in [-0.25, -0.2) is 4.98 Å². The number of hydrogen-bond donors (Lipinski definition) is 2. The number of fused-ring (bicyclic) bond motifs is 1. The Morgan fingerprint density at radius 1 is 1.41 bits per heavy atom. The molecule has 2 heterocycles. The van der Waals surface area contributed by atoms with Crippen molar-refractivity contribution in [3.05, 3.63) is 11.4 Å². The van der Waals surface area contributed by atoms with E-state index in [1.807, 2.05) is 25.4 Å². The van der Waals surface area contributed by atoms with Gasteiger partial charge in [0.1, 0.15) is 10.6 Å². The summed E-state index contributed by atoms with van der Waals surface area (Å²) in [6.45, 7) is 4.15. The fourth-order valence-electron chi connectivity index (χ4n) is 1.49. The summed E-state index contributed by atoms with van der Waals surface area (Å²) in [5.74, 6) is 1.50. The van der Waals surface area contributed by atoms with E-state index < -0.39 is 0 Å². The van der Waals surface area contributed by atoms with E-state index in [0.717, 1.165) is 29.2 Å². The first kappa shape index (κ1) is 12.1. The molecule has 0 saturated heterocycles. The first-order valence-corrected chi connectivity index (χ1v) is 6.47. The van der Waals surface area contributed by atoms with Crippen molar-refractivity contribution >= 4 is 33.3 Å². The van der Waals surface area contributed by atoms with Crippen LogP contribution >= 0.6 is 11.3 Å². The van der Waals surface area contributed by atoms with Crippen LogP contribution in [0.3, 0.4) is 0 Å². The van der Waals surface area contributed by atoms with E-state index in [0.29, 0.717) is 12.6 Å². The highest BCUT2D eigenvalue weighted by atomic mass is 32.1. The minimum absolute atomic E-state index is 0.638.